The first-order valence-electron chi connectivity index (χ1n) is 11.2. The number of rotatable bonds is 5. The topological polar surface area (TPSA) is 78.0 Å². The molecule has 0 saturated heterocycles. The van der Waals surface area contributed by atoms with Crippen molar-refractivity contribution in [3.8, 4) is 0 Å². The summed E-state index contributed by atoms with van der Waals surface area (Å²) in [6.07, 6.45) is 11.3. The van der Waals surface area contributed by atoms with Gasteiger partial charge in [-0.25, -0.2) is 15.0 Å². The Hall–Kier alpha value is -3.65. The van der Waals surface area contributed by atoms with Crippen LogP contribution in [0.4, 0.5) is 0 Å². The highest BCUT2D eigenvalue weighted by Crippen LogP contribution is 2.25. The summed E-state index contributed by atoms with van der Waals surface area (Å²) in [5.41, 5.74) is 4.38. The van der Waals surface area contributed by atoms with E-state index in [0.29, 0.717) is 28.7 Å². The summed E-state index contributed by atoms with van der Waals surface area (Å²) in [7, 11) is 0. The summed E-state index contributed by atoms with van der Waals surface area (Å²) < 4.78 is 3.33. The third-order valence-corrected chi connectivity index (χ3v) is 6.92. The van der Waals surface area contributed by atoms with Crippen LogP contribution < -0.4 is 5.56 Å². The van der Waals surface area contributed by atoms with Crippen LogP contribution >= 0.6 is 11.3 Å². The zero-order valence-corrected chi connectivity index (χ0v) is 18.8. The molecule has 7 nitrogen and oxygen atoms in total. The van der Waals surface area contributed by atoms with E-state index in [1.165, 1.54) is 18.4 Å². The molecule has 0 atom stereocenters. The Morgan fingerprint density at radius 2 is 1.94 bits per heavy atom. The molecule has 1 aliphatic carbocycles. The maximum atomic E-state index is 13.6. The number of hydrogen-bond acceptors (Lipinski definition) is 6. The largest absolute Gasteiger partial charge is 0.298 e. The Balaban J connectivity index is 1.53. The highest BCUT2D eigenvalue weighted by molar-refractivity contribution is 7.11. The fourth-order valence-corrected chi connectivity index (χ4v) is 4.98. The lowest BCUT2D eigenvalue weighted by Crippen LogP contribution is -2.21. The summed E-state index contributed by atoms with van der Waals surface area (Å²) in [5, 5.41) is 7.11. The summed E-state index contributed by atoms with van der Waals surface area (Å²) in [6, 6.07) is 11.6. The van der Waals surface area contributed by atoms with Crippen LogP contribution in [0.15, 0.2) is 69.7 Å². The zero-order chi connectivity index (χ0) is 22.2. The van der Waals surface area contributed by atoms with Crippen LogP contribution in [-0.2, 0) is 6.54 Å². The molecule has 0 N–H and O–H groups in total. The van der Waals surface area contributed by atoms with Gasteiger partial charge < -0.3 is 0 Å². The average molecular weight is 455 g/mol. The van der Waals surface area contributed by atoms with E-state index in [2.05, 4.69) is 16.2 Å². The highest BCUT2D eigenvalue weighted by Gasteiger charge is 2.20. The average Bonchev–Trinajstić information content (AvgIpc) is 3.48. The third-order valence-electron chi connectivity index (χ3n) is 6.11. The van der Waals surface area contributed by atoms with Crippen molar-refractivity contribution in [2.75, 3.05) is 0 Å². The molecule has 4 heterocycles. The fourth-order valence-electron chi connectivity index (χ4n) is 4.40. The molecule has 8 heteroatoms. The van der Waals surface area contributed by atoms with E-state index in [1.54, 1.807) is 33.1 Å². The second-order valence-electron chi connectivity index (χ2n) is 8.26. The Morgan fingerprint density at radius 1 is 1.06 bits per heavy atom. The van der Waals surface area contributed by atoms with Crippen molar-refractivity contribution in [3.05, 3.63) is 75.0 Å². The molecule has 1 aliphatic rings. The molecule has 0 radical (unpaired) electrons. The normalized spacial score (nSPS) is 14.6. The second-order valence-corrected chi connectivity index (χ2v) is 9.24. The SMILES string of the molecule is O=c1c2c3nc4ccccc4nc3n(/N=C/c3cccs3)c2ncn1CCC1=CCCCC1. The minimum absolute atomic E-state index is 0.101. The van der Waals surface area contributed by atoms with Crippen LogP contribution in [0.25, 0.3) is 33.2 Å². The maximum Gasteiger partial charge on any atom is 0.265 e. The standard InChI is InChI=1S/C25H22N6OS/c32-25-21-22-24(29-20-11-5-4-10-19(20)28-22)31(27-15-18-9-6-14-33-18)23(21)26-16-30(25)13-12-17-7-2-1-3-8-17/h4-7,9-11,14-16H,1-3,8,12-13H2/b27-15+. The van der Waals surface area contributed by atoms with E-state index in [4.69, 9.17) is 9.97 Å². The molecule has 6 rings (SSSR count). The first-order valence-corrected chi connectivity index (χ1v) is 12.1. The summed E-state index contributed by atoms with van der Waals surface area (Å²) in [6.45, 7) is 0.611. The molecule has 1 aromatic carbocycles. The number of allylic oxidation sites excluding steroid dienone is 2. The van der Waals surface area contributed by atoms with Gasteiger partial charge in [-0.3, -0.25) is 9.36 Å². The Morgan fingerprint density at radius 3 is 2.73 bits per heavy atom. The predicted octanol–water partition coefficient (Wildman–Crippen LogP) is 5.13. The van der Waals surface area contributed by atoms with E-state index in [-0.39, 0.29) is 5.56 Å². The molecule has 0 unspecified atom stereocenters. The Labute approximate surface area is 193 Å². The van der Waals surface area contributed by atoms with Crippen LogP contribution in [-0.4, -0.2) is 30.4 Å². The lowest BCUT2D eigenvalue weighted by molar-refractivity contribution is 0.610. The first kappa shape index (κ1) is 20.0. The number of aryl methyl sites for hydroxylation is 1. The smallest absolute Gasteiger partial charge is 0.265 e. The highest BCUT2D eigenvalue weighted by atomic mass is 32.1. The van der Waals surface area contributed by atoms with Gasteiger partial charge in [-0.1, -0.05) is 29.8 Å². The lowest BCUT2D eigenvalue weighted by Gasteiger charge is -2.13. The number of hydrogen-bond donors (Lipinski definition) is 0. The Kier molecular flexibility index (Phi) is 5.07. The molecule has 0 saturated carbocycles. The van der Waals surface area contributed by atoms with Gasteiger partial charge in [0.15, 0.2) is 11.3 Å². The molecule has 5 aromatic rings. The molecule has 0 fully saturated rings. The van der Waals surface area contributed by atoms with Gasteiger partial charge in [0.05, 0.1) is 23.6 Å². The van der Waals surface area contributed by atoms with Gasteiger partial charge in [0.1, 0.15) is 10.9 Å². The molecule has 0 spiro atoms. The van der Waals surface area contributed by atoms with Crippen LogP contribution in [0.2, 0.25) is 0 Å². The molecular weight excluding hydrogens is 432 g/mol. The van der Waals surface area contributed by atoms with Crippen LogP contribution in [0.1, 0.15) is 37.0 Å². The van der Waals surface area contributed by atoms with E-state index in [0.717, 1.165) is 35.2 Å². The Bertz CT molecular complexity index is 1590. The van der Waals surface area contributed by atoms with Crippen molar-refractivity contribution in [1.82, 2.24) is 24.2 Å². The van der Waals surface area contributed by atoms with E-state index >= 15 is 0 Å². The van der Waals surface area contributed by atoms with Gasteiger partial charge in [0.2, 0.25) is 0 Å². The maximum absolute atomic E-state index is 13.6. The van der Waals surface area contributed by atoms with Crippen molar-refractivity contribution in [2.24, 2.45) is 5.10 Å². The van der Waals surface area contributed by atoms with Crippen molar-refractivity contribution in [1.29, 1.82) is 0 Å². The van der Waals surface area contributed by atoms with E-state index < -0.39 is 0 Å². The van der Waals surface area contributed by atoms with Gasteiger partial charge in [-0.15, -0.1) is 11.3 Å². The summed E-state index contributed by atoms with van der Waals surface area (Å²) in [4.78, 5) is 28.8. The molecule has 0 aliphatic heterocycles. The minimum Gasteiger partial charge on any atom is -0.298 e. The zero-order valence-electron chi connectivity index (χ0n) is 18.0. The second kappa shape index (κ2) is 8.37. The van der Waals surface area contributed by atoms with E-state index in [1.807, 2.05) is 41.8 Å². The van der Waals surface area contributed by atoms with Crippen LogP contribution in [0, 0.1) is 0 Å². The van der Waals surface area contributed by atoms with E-state index in [9.17, 15) is 4.79 Å². The molecule has 33 heavy (non-hydrogen) atoms. The van der Waals surface area contributed by atoms with Gasteiger partial charge in [0.25, 0.3) is 5.56 Å². The number of nitrogens with zero attached hydrogens (tertiary/aromatic N) is 6. The number of para-hydroxylation sites is 2. The molecule has 0 bridgehead atoms. The first-order chi connectivity index (χ1) is 16.3. The van der Waals surface area contributed by atoms with Gasteiger partial charge in [-0.2, -0.15) is 9.78 Å². The molecule has 164 valence electrons. The van der Waals surface area contributed by atoms with Crippen molar-refractivity contribution >= 4 is 50.8 Å². The van der Waals surface area contributed by atoms with Gasteiger partial charge in [-0.05, 0) is 55.7 Å². The predicted molar refractivity (Wildman–Crippen MR) is 133 cm³/mol. The summed E-state index contributed by atoms with van der Waals surface area (Å²) in [5.74, 6) is 0. The number of aromatic nitrogens is 5. The number of fused-ring (bicyclic) bond motifs is 4. The monoisotopic (exact) mass is 454 g/mol. The number of benzene rings is 1. The molecular formula is C25H22N6OS. The lowest BCUT2D eigenvalue weighted by atomic mass is 9.97. The summed E-state index contributed by atoms with van der Waals surface area (Å²) >= 11 is 1.59. The van der Waals surface area contributed by atoms with Crippen molar-refractivity contribution < 1.29 is 0 Å². The minimum atomic E-state index is -0.101. The number of thiophene rings is 1. The quantitative estimate of drug-likeness (QED) is 0.272. The van der Waals surface area contributed by atoms with Crippen LogP contribution in [0.5, 0.6) is 0 Å². The molecule has 4 aromatic heterocycles. The molecule has 0 amide bonds. The van der Waals surface area contributed by atoms with Crippen LogP contribution in [0.3, 0.4) is 0 Å². The third kappa shape index (κ3) is 3.66. The fraction of sp³-hybridized carbons (Fsp3) is 0.240. The van der Waals surface area contributed by atoms with Crippen molar-refractivity contribution in [2.45, 2.75) is 38.6 Å². The van der Waals surface area contributed by atoms with Gasteiger partial charge in [0, 0.05) is 11.4 Å². The van der Waals surface area contributed by atoms with Crippen molar-refractivity contribution in [3.63, 3.8) is 0 Å². The van der Waals surface area contributed by atoms with Gasteiger partial charge >= 0.3 is 0 Å².